The Balaban J connectivity index is 2.06. The maximum atomic E-state index is 11.5. The van der Waals surface area contributed by atoms with Crippen molar-refractivity contribution in [3.8, 4) is 0 Å². The molecular formula is C14H11ClN4OS. The Morgan fingerprint density at radius 1 is 1.29 bits per heavy atom. The molecule has 0 bridgehead atoms. The number of nitrogens with one attached hydrogen (secondary N) is 1. The lowest BCUT2D eigenvalue weighted by Gasteiger charge is -2.13. The third kappa shape index (κ3) is 2.63. The molecule has 1 amide bonds. The van der Waals surface area contributed by atoms with E-state index in [1.165, 1.54) is 17.4 Å². The van der Waals surface area contributed by atoms with Crippen molar-refractivity contribution in [2.75, 3.05) is 11.1 Å². The van der Waals surface area contributed by atoms with Gasteiger partial charge >= 0.3 is 0 Å². The summed E-state index contributed by atoms with van der Waals surface area (Å²) in [5.41, 5.74) is 15.6. The first-order chi connectivity index (χ1) is 10.0. The quantitative estimate of drug-likeness (QED) is 0.645. The van der Waals surface area contributed by atoms with E-state index >= 15 is 0 Å². The Morgan fingerprint density at radius 3 is 2.86 bits per heavy atom. The van der Waals surface area contributed by atoms with Crippen LogP contribution in [0.5, 0.6) is 0 Å². The molecule has 0 fully saturated rings. The number of carbonyl (C=O) groups is 1. The molecule has 0 atom stereocenters. The van der Waals surface area contributed by atoms with E-state index in [0.717, 1.165) is 15.9 Å². The number of nitrogens with zero attached hydrogens (tertiary/aromatic N) is 1. The second-order valence-electron chi connectivity index (χ2n) is 4.45. The van der Waals surface area contributed by atoms with Crippen molar-refractivity contribution in [3.05, 3.63) is 46.4 Å². The fourth-order valence-corrected chi connectivity index (χ4v) is 3.02. The van der Waals surface area contributed by atoms with E-state index < -0.39 is 5.91 Å². The van der Waals surface area contributed by atoms with Crippen LogP contribution in [0.4, 0.5) is 17.1 Å². The lowest BCUT2D eigenvalue weighted by molar-refractivity contribution is 0.100. The Hall–Kier alpha value is -2.31. The number of primary amides is 1. The first-order valence-electron chi connectivity index (χ1n) is 6.03. The normalized spacial score (nSPS) is 10.7. The molecule has 0 spiro atoms. The number of amides is 1. The summed E-state index contributed by atoms with van der Waals surface area (Å²) in [6.07, 6.45) is 0. The van der Waals surface area contributed by atoms with Crippen LogP contribution in [0, 0.1) is 0 Å². The van der Waals surface area contributed by atoms with Crippen LogP contribution in [-0.4, -0.2) is 10.9 Å². The van der Waals surface area contributed by atoms with Gasteiger partial charge in [0.15, 0.2) is 0 Å². The van der Waals surface area contributed by atoms with E-state index in [-0.39, 0.29) is 5.56 Å². The van der Waals surface area contributed by atoms with Crippen molar-refractivity contribution in [2.45, 2.75) is 0 Å². The number of rotatable bonds is 3. The average Bonchev–Trinajstić information content (AvgIpc) is 2.88. The highest BCUT2D eigenvalue weighted by Gasteiger charge is 2.14. The van der Waals surface area contributed by atoms with Crippen molar-refractivity contribution in [3.63, 3.8) is 0 Å². The molecule has 21 heavy (non-hydrogen) atoms. The molecule has 3 aromatic rings. The van der Waals surface area contributed by atoms with Crippen molar-refractivity contribution in [2.24, 2.45) is 5.73 Å². The highest BCUT2D eigenvalue weighted by Crippen LogP contribution is 2.33. The molecular weight excluding hydrogens is 308 g/mol. The van der Waals surface area contributed by atoms with E-state index in [0.29, 0.717) is 16.4 Å². The Morgan fingerprint density at radius 2 is 2.10 bits per heavy atom. The number of thiazole rings is 1. The molecule has 5 N–H and O–H groups in total. The summed E-state index contributed by atoms with van der Waals surface area (Å²) in [6.45, 7) is 0. The van der Waals surface area contributed by atoms with Crippen LogP contribution in [0.1, 0.15) is 10.4 Å². The van der Waals surface area contributed by atoms with Gasteiger partial charge < -0.3 is 16.8 Å². The SMILES string of the molecule is NC(=O)c1cc(N)cc(Cl)c1Nc1ccc2ncsc2c1. The Bertz CT molecular complexity index is 846. The van der Waals surface area contributed by atoms with Crippen molar-refractivity contribution in [1.29, 1.82) is 0 Å². The summed E-state index contributed by atoms with van der Waals surface area (Å²) >= 11 is 7.70. The van der Waals surface area contributed by atoms with E-state index in [4.69, 9.17) is 23.1 Å². The zero-order valence-corrected chi connectivity index (χ0v) is 12.3. The fourth-order valence-electron chi connectivity index (χ4n) is 2.03. The smallest absolute Gasteiger partial charge is 0.250 e. The molecule has 0 aliphatic rings. The molecule has 0 saturated carbocycles. The second-order valence-corrected chi connectivity index (χ2v) is 5.74. The minimum Gasteiger partial charge on any atom is -0.399 e. The molecule has 2 aromatic carbocycles. The molecule has 0 radical (unpaired) electrons. The van der Waals surface area contributed by atoms with Gasteiger partial charge in [0.05, 0.1) is 32.0 Å². The molecule has 7 heteroatoms. The van der Waals surface area contributed by atoms with E-state index in [1.54, 1.807) is 11.6 Å². The molecule has 0 saturated heterocycles. The van der Waals surface area contributed by atoms with E-state index in [2.05, 4.69) is 10.3 Å². The molecule has 3 rings (SSSR count). The number of aromatic nitrogens is 1. The predicted molar refractivity (Wildman–Crippen MR) is 87.3 cm³/mol. The van der Waals surface area contributed by atoms with Crippen LogP contribution in [0.25, 0.3) is 10.2 Å². The summed E-state index contributed by atoms with van der Waals surface area (Å²) in [6, 6.07) is 8.76. The topological polar surface area (TPSA) is 94.0 Å². The van der Waals surface area contributed by atoms with Gasteiger partial charge in [0.2, 0.25) is 0 Å². The summed E-state index contributed by atoms with van der Waals surface area (Å²) in [4.78, 5) is 15.8. The van der Waals surface area contributed by atoms with Crippen LogP contribution in [0.3, 0.4) is 0 Å². The summed E-state index contributed by atoms with van der Waals surface area (Å²) < 4.78 is 1.03. The van der Waals surface area contributed by atoms with Crippen molar-refractivity contribution in [1.82, 2.24) is 4.98 Å². The van der Waals surface area contributed by atoms with Crippen molar-refractivity contribution >= 4 is 56.1 Å². The number of nitrogen functional groups attached to an aromatic ring is 1. The minimum absolute atomic E-state index is 0.254. The van der Waals surface area contributed by atoms with Crippen LogP contribution in [0.15, 0.2) is 35.8 Å². The number of carbonyl (C=O) groups excluding carboxylic acids is 1. The van der Waals surface area contributed by atoms with Crippen LogP contribution in [-0.2, 0) is 0 Å². The lowest BCUT2D eigenvalue weighted by Crippen LogP contribution is -2.14. The number of anilines is 3. The number of halogens is 1. The maximum absolute atomic E-state index is 11.5. The molecule has 1 heterocycles. The maximum Gasteiger partial charge on any atom is 0.250 e. The van der Waals surface area contributed by atoms with Gasteiger partial charge in [-0.3, -0.25) is 4.79 Å². The van der Waals surface area contributed by atoms with Gasteiger partial charge in [-0.15, -0.1) is 11.3 Å². The molecule has 0 aliphatic heterocycles. The van der Waals surface area contributed by atoms with Crippen LogP contribution in [0.2, 0.25) is 5.02 Å². The number of hydrogen-bond donors (Lipinski definition) is 3. The molecule has 1 aromatic heterocycles. The fraction of sp³-hybridized carbons (Fsp3) is 0. The van der Waals surface area contributed by atoms with Gasteiger partial charge in [0, 0.05) is 11.4 Å². The van der Waals surface area contributed by atoms with Gasteiger partial charge in [-0.1, -0.05) is 11.6 Å². The summed E-state index contributed by atoms with van der Waals surface area (Å²) in [7, 11) is 0. The standard InChI is InChI=1S/C14H11ClN4OS/c15-10-4-7(16)3-9(14(17)20)13(10)19-8-1-2-11-12(5-8)21-6-18-11/h1-6,19H,16H2,(H2,17,20). The van der Waals surface area contributed by atoms with Crippen LogP contribution >= 0.6 is 22.9 Å². The monoisotopic (exact) mass is 318 g/mol. The van der Waals surface area contributed by atoms with Crippen LogP contribution < -0.4 is 16.8 Å². The largest absolute Gasteiger partial charge is 0.399 e. The average molecular weight is 319 g/mol. The summed E-state index contributed by atoms with van der Waals surface area (Å²) in [5, 5.41) is 3.46. The Kier molecular flexibility index (Phi) is 3.40. The first kappa shape index (κ1) is 13.7. The van der Waals surface area contributed by atoms with Gasteiger partial charge in [0.25, 0.3) is 5.91 Å². The van der Waals surface area contributed by atoms with E-state index in [1.807, 2.05) is 18.2 Å². The lowest BCUT2D eigenvalue weighted by atomic mass is 10.1. The van der Waals surface area contributed by atoms with Gasteiger partial charge in [-0.2, -0.15) is 0 Å². The van der Waals surface area contributed by atoms with Crippen molar-refractivity contribution < 1.29 is 4.79 Å². The minimum atomic E-state index is -0.592. The van der Waals surface area contributed by atoms with E-state index in [9.17, 15) is 4.79 Å². The first-order valence-corrected chi connectivity index (χ1v) is 7.29. The second kappa shape index (κ2) is 5.23. The number of fused-ring (bicyclic) bond motifs is 1. The highest BCUT2D eigenvalue weighted by molar-refractivity contribution is 7.16. The van der Waals surface area contributed by atoms with Gasteiger partial charge in [-0.05, 0) is 30.3 Å². The molecule has 106 valence electrons. The predicted octanol–water partition coefficient (Wildman–Crippen LogP) is 3.37. The Labute approximate surface area is 129 Å². The zero-order valence-electron chi connectivity index (χ0n) is 10.8. The third-order valence-corrected chi connectivity index (χ3v) is 4.07. The third-order valence-electron chi connectivity index (χ3n) is 2.98. The number of hydrogen-bond acceptors (Lipinski definition) is 5. The number of benzene rings is 2. The molecule has 0 unspecified atom stereocenters. The molecule has 5 nitrogen and oxygen atoms in total. The number of nitrogens with two attached hydrogens (primary N) is 2. The molecule has 0 aliphatic carbocycles. The highest BCUT2D eigenvalue weighted by atomic mass is 35.5. The zero-order chi connectivity index (χ0) is 15.0. The van der Waals surface area contributed by atoms with Gasteiger partial charge in [0.1, 0.15) is 0 Å². The van der Waals surface area contributed by atoms with Gasteiger partial charge in [-0.25, -0.2) is 4.98 Å². The summed E-state index contributed by atoms with van der Waals surface area (Å²) in [5.74, 6) is -0.592.